The Balaban J connectivity index is 2.40. The van der Waals surface area contributed by atoms with Crippen molar-refractivity contribution >= 4 is 45.9 Å². The van der Waals surface area contributed by atoms with Crippen LogP contribution in [0.3, 0.4) is 0 Å². The number of carbonyl (C=O) groups excluding carboxylic acids is 4. The average molecular weight is 358 g/mol. The van der Waals surface area contributed by atoms with Crippen LogP contribution in [0.5, 0.6) is 0 Å². The number of ether oxygens (including phenoxy) is 2. The highest BCUT2D eigenvalue weighted by molar-refractivity contribution is 6.40. The number of fused-ring (bicyclic) bond motifs is 1. The molecule has 0 unspecified atom stereocenters. The van der Waals surface area contributed by atoms with Crippen molar-refractivity contribution in [1.82, 2.24) is 0 Å². The predicted octanol–water partition coefficient (Wildman–Crippen LogP) is 1.84. The number of amides is 2. The Hall–Kier alpha value is -3.42. The van der Waals surface area contributed by atoms with Crippen LogP contribution in [0.25, 0.3) is 10.8 Å². The van der Waals surface area contributed by atoms with Crippen LogP contribution in [-0.2, 0) is 28.7 Å². The van der Waals surface area contributed by atoms with E-state index in [1.807, 2.05) is 0 Å². The number of rotatable bonds is 4. The predicted molar refractivity (Wildman–Crippen MR) is 94.5 cm³/mol. The van der Waals surface area contributed by atoms with E-state index < -0.39 is 23.8 Å². The van der Waals surface area contributed by atoms with Crippen LogP contribution in [0, 0.1) is 0 Å². The summed E-state index contributed by atoms with van der Waals surface area (Å²) in [7, 11) is 0. The summed E-state index contributed by atoms with van der Waals surface area (Å²) < 4.78 is 9.31. The summed E-state index contributed by atoms with van der Waals surface area (Å²) >= 11 is 0. The third-order valence-corrected chi connectivity index (χ3v) is 3.34. The zero-order valence-electron chi connectivity index (χ0n) is 14.3. The molecule has 0 aliphatic rings. The molecule has 0 radical (unpaired) electrons. The fourth-order valence-corrected chi connectivity index (χ4v) is 2.24. The lowest BCUT2D eigenvalue weighted by atomic mass is 10.1. The van der Waals surface area contributed by atoms with E-state index in [4.69, 9.17) is 0 Å². The second-order valence-electron chi connectivity index (χ2n) is 5.06. The molecular formula is C18H18N2O6. The van der Waals surface area contributed by atoms with Crippen LogP contribution >= 0.6 is 0 Å². The first-order valence-corrected chi connectivity index (χ1v) is 7.95. The molecule has 0 fully saturated rings. The highest BCUT2D eigenvalue weighted by atomic mass is 16.5. The zero-order chi connectivity index (χ0) is 19.1. The summed E-state index contributed by atoms with van der Waals surface area (Å²) in [6.07, 6.45) is 0. The molecule has 0 saturated carbocycles. The topological polar surface area (TPSA) is 111 Å². The molecule has 26 heavy (non-hydrogen) atoms. The Morgan fingerprint density at radius 3 is 2.00 bits per heavy atom. The van der Waals surface area contributed by atoms with Gasteiger partial charge in [0.25, 0.3) is 0 Å². The lowest BCUT2D eigenvalue weighted by Gasteiger charge is -2.14. The first-order chi connectivity index (χ1) is 12.5. The fourth-order valence-electron chi connectivity index (χ4n) is 2.24. The van der Waals surface area contributed by atoms with Gasteiger partial charge in [0.1, 0.15) is 0 Å². The van der Waals surface area contributed by atoms with Crippen molar-refractivity contribution in [2.45, 2.75) is 13.8 Å². The van der Waals surface area contributed by atoms with Crippen molar-refractivity contribution in [3.63, 3.8) is 0 Å². The van der Waals surface area contributed by atoms with Crippen molar-refractivity contribution < 1.29 is 28.7 Å². The Morgan fingerprint density at radius 2 is 1.38 bits per heavy atom. The first kappa shape index (κ1) is 18.9. The smallest absolute Gasteiger partial charge is 0.397 e. The lowest BCUT2D eigenvalue weighted by molar-refractivity contribution is -0.152. The second-order valence-corrected chi connectivity index (χ2v) is 5.06. The molecule has 2 aromatic carbocycles. The molecule has 8 nitrogen and oxygen atoms in total. The highest BCUT2D eigenvalue weighted by Gasteiger charge is 2.21. The van der Waals surface area contributed by atoms with Gasteiger partial charge in [-0.25, -0.2) is 9.59 Å². The molecule has 0 saturated heterocycles. The van der Waals surface area contributed by atoms with Crippen LogP contribution in [0.1, 0.15) is 13.8 Å². The fraction of sp³-hybridized carbons (Fsp3) is 0.222. The van der Waals surface area contributed by atoms with E-state index in [1.165, 1.54) is 6.07 Å². The molecule has 2 amide bonds. The normalized spacial score (nSPS) is 10.1. The SMILES string of the molecule is CCOC(=O)C(=O)Nc1ccc2ccccc2c1NC(=O)C(=O)OCC. The van der Waals surface area contributed by atoms with Gasteiger partial charge < -0.3 is 20.1 Å². The van der Waals surface area contributed by atoms with E-state index in [9.17, 15) is 19.2 Å². The molecule has 0 bridgehead atoms. The molecule has 2 aromatic rings. The molecule has 8 heteroatoms. The minimum atomic E-state index is -1.05. The number of benzene rings is 2. The first-order valence-electron chi connectivity index (χ1n) is 7.95. The molecule has 2 rings (SSSR count). The van der Waals surface area contributed by atoms with E-state index in [0.717, 1.165) is 5.39 Å². The quantitative estimate of drug-likeness (QED) is 0.637. The minimum absolute atomic E-state index is 0.0498. The summed E-state index contributed by atoms with van der Waals surface area (Å²) in [4.78, 5) is 47.1. The molecular weight excluding hydrogens is 340 g/mol. The van der Waals surface area contributed by atoms with Crippen molar-refractivity contribution in [3.05, 3.63) is 36.4 Å². The maximum absolute atomic E-state index is 12.0. The van der Waals surface area contributed by atoms with Gasteiger partial charge in [-0.05, 0) is 25.3 Å². The van der Waals surface area contributed by atoms with Gasteiger partial charge in [-0.1, -0.05) is 30.3 Å². The number of esters is 2. The summed E-state index contributed by atoms with van der Waals surface area (Å²) in [6.45, 7) is 3.25. The van der Waals surface area contributed by atoms with E-state index >= 15 is 0 Å². The van der Waals surface area contributed by atoms with E-state index in [1.54, 1.807) is 44.2 Å². The highest BCUT2D eigenvalue weighted by Crippen LogP contribution is 2.31. The van der Waals surface area contributed by atoms with Crippen molar-refractivity contribution in [1.29, 1.82) is 0 Å². The van der Waals surface area contributed by atoms with E-state index in [0.29, 0.717) is 5.39 Å². The molecule has 0 spiro atoms. The van der Waals surface area contributed by atoms with Crippen LogP contribution in [0.4, 0.5) is 11.4 Å². The van der Waals surface area contributed by atoms with E-state index in [2.05, 4.69) is 20.1 Å². The Kier molecular flexibility index (Phi) is 6.26. The Morgan fingerprint density at radius 1 is 0.808 bits per heavy atom. The molecule has 0 aliphatic heterocycles. The third-order valence-electron chi connectivity index (χ3n) is 3.34. The second kappa shape index (κ2) is 8.61. The maximum atomic E-state index is 12.0. The van der Waals surface area contributed by atoms with Gasteiger partial charge in [0.15, 0.2) is 0 Å². The van der Waals surface area contributed by atoms with Gasteiger partial charge in [0, 0.05) is 5.39 Å². The van der Waals surface area contributed by atoms with Gasteiger partial charge >= 0.3 is 23.8 Å². The number of hydrogen-bond acceptors (Lipinski definition) is 6. The molecule has 0 heterocycles. The molecule has 0 aromatic heterocycles. The summed E-state index contributed by atoms with van der Waals surface area (Å²) in [5.41, 5.74) is 0.332. The maximum Gasteiger partial charge on any atom is 0.397 e. The van der Waals surface area contributed by atoms with Crippen LogP contribution < -0.4 is 10.6 Å². The Labute approximate surface area is 149 Å². The standard InChI is InChI=1S/C18H18N2O6/c1-3-25-17(23)15(21)19-13-10-9-11-7-5-6-8-12(11)14(13)20-16(22)18(24)26-4-2/h5-10H,3-4H2,1-2H3,(H,19,21)(H,20,22). The average Bonchev–Trinajstić information content (AvgIpc) is 2.63. The lowest BCUT2D eigenvalue weighted by Crippen LogP contribution is -2.28. The monoisotopic (exact) mass is 358 g/mol. The number of hydrogen-bond donors (Lipinski definition) is 2. The van der Waals surface area contributed by atoms with Crippen molar-refractivity contribution in [3.8, 4) is 0 Å². The molecule has 2 N–H and O–H groups in total. The summed E-state index contributed by atoms with van der Waals surface area (Å²) in [5.74, 6) is -4.09. The Bertz CT molecular complexity index is 862. The number of anilines is 2. The summed E-state index contributed by atoms with van der Waals surface area (Å²) in [6, 6.07) is 10.3. The summed E-state index contributed by atoms with van der Waals surface area (Å²) in [5, 5.41) is 6.16. The van der Waals surface area contributed by atoms with Gasteiger partial charge in [0.05, 0.1) is 24.6 Å². The van der Waals surface area contributed by atoms with Crippen molar-refractivity contribution in [2.75, 3.05) is 23.8 Å². The van der Waals surface area contributed by atoms with Gasteiger partial charge in [-0.3, -0.25) is 9.59 Å². The largest absolute Gasteiger partial charge is 0.459 e. The van der Waals surface area contributed by atoms with Crippen LogP contribution in [0.15, 0.2) is 36.4 Å². The molecule has 0 atom stereocenters. The third kappa shape index (κ3) is 4.35. The number of nitrogens with one attached hydrogen (secondary N) is 2. The van der Waals surface area contributed by atoms with E-state index in [-0.39, 0.29) is 24.6 Å². The van der Waals surface area contributed by atoms with Gasteiger partial charge in [-0.15, -0.1) is 0 Å². The molecule has 0 aliphatic carbocycles. The van der Waals surface area contributed by atoms with Gasteiger partial charge in [-0.2, -0.15) is 0 Å². The van der Waals surface area contributed by atoms with Gasteiger partial charge in [0.2, 0.25) is 0 Å². The molecule has 136 valence electrons. The zero-order valence-corrected chi connectivity index (χ0v) is 14.3. The van der Waals surface area contributed by atoms with Crippen molar-refractivity contribution in [2.24, 2.45) is 0 Å². The van der Waals surface area contributed by atoms with Crippen LogP contribution in [0.2, 0.25) is 0 Å². The van der Waals surface area contributed by atoms with Crippen LogP contribution in [-0.4, -0.2) is 37.0 Å². The number of carbonyl (C=O) groups is 4. The minimum Gasteiger partial charge on any atom is -0.459 e.